The van der Waals surface area contributed by atoms with E-state index in [2.05, 4.69) is 15.3 Å². The number of nitrogens with zero attached hydrogens (tertiary/aromatic N) is 2. The average Bonchev–Trinajstić information content (AvgIpc) is 2.90. The summed E-state index contributed by atoms with van der Waals surface area (Å²) in [4.78, 5) is 19.5. The lowest BCUT2D eigenvalue weighted by Gasteiger charge is -2.13. The van der Waals surface area contributed by atoms with Gasteiger partial charge in [-0.05, 0) is 12.1 Å². The summed E-state index contributed by atoms with van der Waals surface area (Å²) in [6.07, 6.45) is 4.22. The van der Waals surface area contributed by atoms with Crippen molar-refractivity contribution in [1.29, 1.82) is 0 Å². The van der Waals surface area contributed by atoms with Crippen LogP contribution in [0.1, 0.15) is 22.3 Å². The van der Waals surface area contributed by atoms with Gasteiger partial charge >= 0.3 is 0 Å². The van der Waals surface area contributed by atoms with E-state index in [1.165, 1.54) is 18.7 Å². The summed E-state index contributed by atoms with van der Waals surface area (Å²) in [6.45, 7) is -0.292. The molecular weight excluding hydrogens is 236 g/mol. The summed E-state index contributed by atoms with van der Waals surface area (Å²) in [5.74, 6) is -0.0319. The molecule has 0 aliphatic rings. The fraction of sp³-hybridized carbons (Fsp3) is 0.182. The summed E-state index contributed by atoms with van der Waals surface area (Å²) in [5, 5.41) is 11.8. The zero-order valence-electron chi connectivity index (χ0n) is 9.41. The van der Waals surface area contributed by atoms with Crippen LogP contribution in [0.5, 0.6) is 0 Å². The summed E-state index contributed by atoms with van der Waals surface area (Å²) >= 11 is 0. The Balaban J connectivity index is 2.14. The van der Waals surface area contributed by atoms with Crippen LogP contribution in [0.25, 0.3) is 0 Å². The van der Waals surface area contributed by atoms with E-state index >= 15 is 0 Å². The molecule has 1 atom stereocenters. The molecule has 2 aromatic rings. The number of nitrogen functional groups attached to an aromatic ring is 1. The standard InChI is InChI=1S/C11H12N4O3/c12-10-9(13-3-4-14-10)11(17)15-7(6-16)8-2-1-5-18-8/h1-5,7,16H,6H2,(H2,12,14)(H,15,17). The first-order valence-corrected chi connectivity index (χ1v) is 5.24. The van der Waals surface area contributed by atoms with Gasteiger partial charge in [0.15, 0.2) is 11.5 Å². The minimum Gasteiger partial charge on any atom is -0.467 e. The number of aliphatic hydroxyl groups is 1. The molecule has 1 amide bonds. The highest BCUT2D eigenvalue weighted by atomic mass is 16.3. The summed E-state index contributed by atoms with van der Waals surface area (Å²) in [5.41, 5.74) is 5.55. The number of aromatic nitrogens is 2. The molecule has 18 heavy (non-hydrogen) atoms. The Labute approximate surface area is 103 Å². The van der Waals surface area contributed by atoms with E-state index in [4.69, 9.17) is 10.2 Å². The van der Waals surface area contributed by atoms with Gasteiger partial charge in [0.1, 0.15) is 11.8 Å². The van der Waals surface area contributed by atoms with Crippen molar-refractivity contribution < 1.29 is 14.3 Å². The van der Waals surface area contributed by atoms with Gasteiger partial charge in [-0.1, -0.05) is 0 Å². The number of anilines is 1. The largest absolute Gasteiger partial charge is 0.467 e. The van der Waals surface area contributed by atoms with Crippen LogP contribution in [0.4, 0.5) is 5.82 Å². The number of rotatable bonds is 4. The predicted molar refractivity (Wildman–Crippen MR) is 62.4 cm³/mol. The number of carbonyl (C=O) groups is 1. The van der Waals surface area contributed by atoms with Gasteiger partial charge in [-0.2, -0.15) is 0 Å². The normalized spacial score (nSPS) is 12.1. The van der Waals surface area contributed by atoms with Crippen molar-refractivity contribution in [3.05, 3.63) is 42.2 Å². The second-order valence-corrected chi connectivity index (χ2v) is 3.51. The first-order valence-electron chi connectivity index (χ1n) is 5.24. The van der Waals surface area contributed by atoms with Crippen molar-refractivity contribution in [2.75, 3.05) is 12.3 Å². The third kappa shape index (κ3) is 2.46. The van der Waals surface area contributed by atoms with Crippen molar-refractivity contribution in [2.24, 2.45) is 0 Å². The van der Waals surface area contributed by atoms with Crippen molar-refractivity contribution in [1.82, 2.24) is 15.3 Å². The Morgan fingerprint density at radius 1 is 1.50 bits per heavy atom. The third-order valence-electron chi connectivity index (χ3n) is 2.32. The maximum Gasteiger partial charge on any atom is 0.274 e. The summed E-state index contributed by atoms with van der Waals surface area (Å²) < 4.78 is 5.11. The van der Waals surface area contributed by atoms with Gasteiger partial charge in [0.25, 0.3) is 5.91 Å². The molecular formula is C11H12N4O3. The van der Waals surface area contributed by atoms with Gasteiger partial charge in [-0.25, -0.2) is 9.97 Å². The number of aliphatic hydroxyl groups excluding tert-OH is 1. The maximum absolute atomic E-state index is 11.9. The molecule has 7 heteroatoms. The summed E-state index contributed by atoms with van der Waals surface area (Å²) in [7, 11) is 0. The minimum atomic E-state index is -0.645. The van der Waals surface area contributed by atoms with Crippen molar-refractivity contribution >= 4 is 11.7 Å². The molecule has 2 rings (SSSR count). The molecule has 0 bridgehead atoms. The third-order valence-corrected chi connectivity index (χ3v) is 2.32. The van der Waals surface area contributed by atoms with Crippen LogP contribution >= 0.6 is 0 Å². The number of hydrogen-bond acceptors (Lipinski definition) is 6. The van der Waals surface area contributed by atoms with Crippen LogP contribution in [0, 0.1) is 0 Å². The predicted octanol–water partition coefficient (Wildman–Crippen LogP) is 0.115. The number of nitrogens with one attached hydrogen (secondary N) is 1. The zero-order chi connectivity index (χ0) is 13.0. The highest BCUT2D eigenvalue weighted by Gasteiger charge is 2.19. The molecule has 7 nitrogen and oxygen atoms in total. The van der Waals surface area contributed by atoms with E-state index < -0.39 is 11.9 Å². The fourth-order valence-electron chi connectivity index (χ4n) is 1.45. The molecule has 0 spiro atoms. The fourth-order valence-corrected chi connectivity index (χ4v) is 1.45. The lowest BCUT2D eigenvalue weighted by Crippen LogP contribution is -2.31. The Morgan fingerprint density at radius 2 is 2.28 bits per heavy atom. The highest BCUT2D eigenvalue weighted by molar-refractivity contribution is 5.96. The highest BCUT2D eigenvalue weighted by Crippen LogP contribution is 2.14. The molecule has 2 heterocycles. The molecule has 1 unspecified atom stereocenters. The van der Waals surface area contributed by atoms with E-state index in [1.54, 1.807) is 12.1 Å². The number of amides is 1. The molecule has 2 aromatic heterocycles. The van der Waals surface area contributed by atoms with Crippen LogP contribution in [0.3, 0.4) is 0 Å². The average molecular weight is 248 g/mol. The van der Waals surface area contributed by atoms with Crippen LogP contribution in [0.2, 0.25) is 0 Å². The molecule has 4 N–H and O–H groups in total. The molecule has 0 radical (unpaired) electrons. The minimum absolute atomic E-state index is 0.0162. The van der Waals surface area contributed by atoms with Crippen molar-refractivity contribution in [3.63, 3.8) is 0 Å². The van der Waals surface area contributed by atoms with Crippen molar-refractivity contribution in [2.45, 2.75) is 6.04 Å². The summed E-state index contributed by atoms with van der Waals surface area (Å²) in [6, 6.07) is 2.68. The number of furan rings is 1. The topological polar surface area (TPSA) is 114 Å². The first-order chi connectivity index (χ1) is 8.72. The molecule has 94 valence electrons. The number of carbonyl (C=O) groups excluding carboxylic acids is 1. The van der Waals surface area contributed by atoms with Gasteiger partial charge in [0.05, 0.1) is 12.9 Å². The van der Waals surface area contributed by atoms with E-state index in [1.807, 2.05) is 0 Å². The monoisotopic (exact) mass is 248 g/mol. The zero-order valence-corrected chi connectivity index (χ0v) is 9.41. The Morgan fingerprint density at radius 3 is 2.89 bits per heavy atom. The number of hydrogen-bond donors (Lipinski definition) is 3. The SMILES string of the molecule is Nc1nccnc1C(=O)NC(CO)c1ccco1. The second-order valence-electron chi connectivity index (χ2n) is 3.51. The Kier molecular flexibility index (Phi) is 3.54. The lowest BCUT2D eigenvalue weighted by molar-refractivity contribution is 0.0903. The molecule has 0 saturated carbocycles. The van der Waals surface area contributed by atoms with Crippen LogP contribution in [-0.2, 0) is 0 Å². The molecule has 0 aromatic carbocycles. The smallest absolute Gasteiger partial charge is 0.274 e. The van der Waals surface area contributed by atoms with Gasteiger partial charge < -0.3 is 20.6 Å². The quantitative estimate of drug-likeness (QED) is 0.707. The maximum atomic E-state index is 11.9. The van der Waals surface area contributed by atoms with Gasteiger partial charge in [-0.3, -0.25) is 4.79 Å². The van der Waals surface area contributed by atoms with E-state index in [0.29, 0.717) is 5.76 Å². The van der Waals surface area contributed by atoms with Gasteiger partial charge in [0, 0.05) is 12.4 Å². The Hall–Kier alpha value is -2.41. The molecule has 0 aliphatic carbocycles. The van der Waals surface area contributed by atoms with E-state index in [-0.39, 0.29) is 18.1 Å². The van der Waals surface area contributed by atoms with E-state index in [9.17, 15) is 9.90 Å². The molecule has 0 fully saturated rings. The van der Waals surface area contributed by atoms with Gasteiger partial charge in [0.2, 0.25) is 0 Å². The first kappa shape index (κ1) is 12.1. The Bertz CT molecular complexity index is 527. The van der Waals surface area contributed by atoms with Crippen molar-refractivity contribution in [3.8, 4) is 0 Å². The van der Waals surface area contributed by atoms with Crippen LogP contribution < -0.4 is 11.1 Å². The molecule has 0 saturated heterocycles. The number of nitrogens with two attached hydrogens (primary N) is 1. The van der Waals surface area contributed by atoms with E-state index in [0.717, 1.165) is 0 Å². The lowest BCUT2D eigenvalue weighted by atomic mass is 10.2. The van der Waals surface area contributed by atoms with Gasteiger partial charge in [-0.15, -0.1) is 0 Å². The van der Waals surface area contributed by atoms with Crippen LogP contribution in [-0.4, -0.2) is 27.6 Å². The van der Waals surface area contributed by atoms with Crippen LogP contribution in [0.15, 0.2) is 35.2 Å². The molecule has 0 aliphatic heterocycles. The second kappa shape index (κ2) is 5.28.